The smallest absolute Gasteiger partial charge is 0.348 e. The first-order chi connectivity index (χ1) is 13.1. The standard InChI is InChI=1S/C19H18N4O3S/c1-13-15-10-16(19(25)26-12-17(24)21-9-5-8-20)27-18(15)23(22-13)11-14-6-3-2-4-7-14/h2-4,6-7,10H,5,9,11-12H2,1H3,(H,21,24). The lowest BCUT2D eigenvalue weighted by Crippen LogP contribution is -2.29. The fourth-order valence-electron chi connectivity index (χ4n) is 2.59. The summed E-state index contributed by atoms with van der Waals surface area (Å²) in [5.74, 6) is -0.969. The van der Waals surface area contributed by atoms with Gasteiger partial charge in [-0.05, 0) is 18.6 Å². The van der Waals surface area contributed by atoms with E-state index in [4.69, 9.17) is 10.00 Å². The molecule has 2 aromatic heterocycles. The number of aromatic nitrogens is 2. The molecule has 1 aromatic carbocycles. The largest absolute Gasteiger partial charge is 0.451 e. The number of ether oxygens (including phenoxy) is 1. The molecule has 0 saturated heterocycles. The van der Waals surface area contributed by atoms with Crippen molar-refractivity contribution >= 4 is 33.4 Å². The Balaban J connectivity index is 1.69. The van der Waals surface area contributed by atoms with E-state index in [9.17, 15) is 9.59 Å². The van der Waals surface area contributed by atoms with Crippen molar-refractivity contribution in [2.24, 2.45) is 0 Å². The van der Waals surface area contributed by atoms with Gasteiger partial charge in [0.15, 0.2) is 6.61 Å². The van der Waals surface area contributed by atoms with E-state index in [-0.39, 0.29) is 19.6 Å². The number of hydrogen-bond acceptors (Lipinski definition) is 6. The van der Waals surface area contributed by atoms with Gasteiger partial charge in [-0.1, -0.05) is 30.3 Å². The highest BCUT2D eigenvalue weighted by atomic mass is 32.1. The van der Waals surface area contributed by atoms with Crippen LogP contribution >= 0.6 is 11.3 Å². The molecule has 1 amide bonds. The number of benzene rings is 1. The molecule has 1 N–H and O–H groups in total. The molecule has 3 aromatic rings. The van der Waals surface area contributed by atoms with Gasteiger partial charge in [-0.15, -0.1) is 11.3 Å². The molecule has 0 fully saturated rings. The minimum atomic E-state index is -0.544. The van der Waals surface area contributed by atoms with E-state index in [0.717, 1.165) is 21.5 Å². The minimum Gasteiger partial charge on any atom is -0.451 e. The van der Waals surface area contributed by atoms with Crippen LogP contribution in [0.15, 0.2) is 36.4 Å². The normalized spacial score (nSPS) is 10.5. The second-order valence-electron chi connectivity index (χ2n) is 5.89. The van der Waals surface area contributed by atoms with Gasteiger partial charge >= 0.3 is 5.97 Å². The number of aryl methyl sites for hydroxylation is 1. The summed E-state index contributed by atoms with van der Waals surface area (Å²) in [4.78, 5) is 25.2. The first-order valence-corrected chi connectivity index (χ1v) is 9.22. The van der Waals surface area contributed by atoms with Gasteiger partial charge in [0.05, 0.1) is 24.7 Å². The van der Waals surface area contributed by atoms with Gasteiger partial charge in [0.2, 0.25) is 0 Å². The van der Waals surface area contributed by atoms with Crippen LogP contribution < -0.4 is 5.32 Å². The van der Waals surface area contributed by atoms with E-state index in [2.05, 4.69) is 10.4 Å². The molecule has 3 rings (SSSR count). The molecule has 0 unspecified atom stereocenters. The van der Waals surface area contributed by atoms with E-state index in [0.29, 0.717) is 11.4 Å². The van der Waals surface area contributed by atoms with Gasteiger partial charge < -0.3 is 10.1 Å². The van der Waals surface area contributed by atoms with Crippen LogP contribution in [0.3, 0.4) is 0 Å². The van der Waals surface area contributed by atoms with Crippen molar-refractivity contribution in [1.82, 2.24) is 15.1 Å². The number of thiophene rings is 1. The van der Waals surface area contributed by atoms with Gasteiger partial charge in [0.25, 0.3) is 5.91 Å². The van der Waals surface area contributed by atoms with Crippen molar-refractivity contribution in [3.8, 4) is 6.07 Å². The van der Waals surface area contributed by atoms with Gasteiger partial charge in [-0.2, -0.15) is 10.4 Å². The molecule has 2 heterocycles. The highest BCUT2D eigenvalue weighted by molar-refractivity contribution is 7.20. The Kier molecular flexibility index (Phi) is 5.84. The lowest BCUT2D eigenvalue weighted by atomic mass is 10.2. The number of amides is 1. The molecule has 7 nitrogen and oxygen atoms in total. The lowest BCUT2D eigenvalue weighted by molar-refractivity contribution is -0.124. The summed E-state index contributed by atoms with van der Waals surface area (Å²) in [6.07, 6.45) is 0.215. The van der Waals surface area contributed by atoms with Gasteiger partial charge in [-0.3, -0.25) is 9.48 Å². The summed E-state index contributed by atoms with van der Waals surface area (Å²) in [5, 5.41) is 16.4. The highest BCUT2D eigenvalue weighted by Gasteiger charge is 2.18. The molecule has 0 saturated carbocycles. The average Bonchev–Trinajstić information content (AvgIpc) is 3.22. The third-order valence-corrected chi connectivity index (χ3v) is 5.01. The molecule has 0 aliphatic heterocycles. The predicted octanol–water partition coefficient (Wildman–Crippen LogP) is 2.64. The summed E-state index contributed by atoms with van der Waals surface area (Å²) >= 11 is 1.30. The molecule has 0 atom stereocenters. The van der Waals surface area contributed by atoms with Crippen LogP contribution in [-0.4, -0.2) is 34.8 Å². The monoisotopic (exact) mass is 382 g/mol. The Hall–Kier alpha value is -3.18. The van der Waals surface area contributed by atoms with E-state index >= 15 is 0 Å². The Morgan fingerprint density at radius 3 is 2.85 bits per heavy atom. The first-order valence-electron chi connectivity index (χ1n) is 8.40. The number of nitriles is 1. The quantitative estimate of drug-likeness (QED) is 0.500. The lowest BCUT2D eigenvalue weighted by Gasteiger charge is -2.04. The van der Waals surface area contributed by atoms with Crippen molar-refractivity contribution < 1.29 is 14.3 Å². The summed E-state index contributed by atoms with van der Waals surface area (Å²) in [6, 6.07) is 13.6. The molecular formula is C19H18N4O3S. The van der Waals surface area contributed by atoms with E-state index < -0.39 is 11.9 Å². The Morgan fingerprint density at radius 2 is 2.11 bits per heavy atom. The zero-order valence-electron chi connectivity index (χ0n) is 14.8. The van der Waals surface area contributed by atoms with Crippen LogP contribution in [0.4, 0.5) is 0 Å². The molecule has 138 valence electrons. The van der Waals surface area contributed by atoms with Crippen molar-refractivity contribution in [2.45, 2.75) is 19.9 Å². The van der Waals surface area contributed by atoms with Crippen LogP contribution in [0.5, 0.6) is 0 Å². The second-order valence-corrected chi connectivity index (χ2v) is 6.92. The highest BCUT2D eigenvalue weighted by Crippen LogP contribution is 2.29. The SMILES string of the molecule is Cc1nn(Cc2ccccc2)c2sc(C(=O)OCC(=O)NCCC#N)cc12. The average molecular weight is 382 g/mol. The number of nitrogens with zero attached hydrogens (tertiary/aromatic N) is 3. The topological polar surface area (TPSA) is 97.0 Å². The maximum atomic E-state index is 12.3. The molecular weight excluding hydrogens is 364 g/mol. The van der Waals surface area contributed by atoms with Crippen LogP contribution in [0.25, 0.3) is 10.2 Å². The van der Waals surface area contributed by atoms with Crippen LogP contribution in [-0.2, 0) is 16.1 Å². The molecule has 27 heavy (non-hydrogen) atoms. The molecule has 0 radical (unpaired) electrons. The number of esters is 1. The molecule has 0 bridgehead atoms. The summed E-state index contributed by atoms with van der Waals surface area (Å²) in [6.45, 7) is 2.38. The van der Waals surface area contributed by atoms with Gasteiger partial charge in [0, 0.05) is 11.9 Å². The molecule has 8 heteroatoms. The van der Waals surface area contributed by atoms with E-state index in [1.54, 1.807) is 6.07 Å². The maximum Gasteiger partial charge on any atom is 0.348 e. The van der Waals surface area contributed by atoms with Crippen molar-refractivity contribution in [3.05, 3.63) is 52.5 Å². The van der Waals surface area contributed by atoms with Gasteiger partial charge in [-0.25, -0.2) is 4.79 Å². The van der Waals surface area contributed by atoms with Gasteiger partial charge in [0.1, 0.15) is 9.71 Å². The number of carbonyl (C=O) groups excluding carboxylic acids is 2. The Bertz CT molecular complexity index is 1000. The first kappa shape index (κ1) is 18.6. The second kappa shape index (κ2) is 8.47. The number of nitrogens with one attached hydrogen (secondary N) is 1. The molecule has 0 aliphatic carbocycles. The zero-order chi connectivity index (χ0) is 19.2. The van der Waals surface area contributed by atoms with E-state index in [1.165, 1.54) is 11.3 Å². The minimum absolute atomic E-state index is 0.215. The maximum absolute atomic E-state index is 12.3. The third-order valence-electron chi connectivity index (χ3n) is 3.88. The van der Waals surface area contributed by atoms with Crippen molar-refractivity contribution in [3.63, 3.8) is 0 Å². The zero-order valence-corrected chi connectivity index (χ0v) is 15.6. The fraction of sp³-hybridized carbons (Fsp3) is 0.263. The number of fused-ring (bicyclic) bond motifs is 1. The third kappa shape index (κ3) is 4.51. The molecule has 0 aliphatic rings. The number of hydrogen-bond donors (Lipinski definition) is 1. The van der Waals surface area contributed by atoms with Crippen LogP contribution in [0.2, 0.25) is 0 Å². The summed E-state index contributed by atoms with van der Waals surface area (Å²) in [7, 11) is 0. The number of carbonyl (C=O) groups is 2. The van der Waals surface area contributed by atoms with Crippen molar-refractivity contribution in [2.75, 3.05) is 13.2 Å². The summed E-state index contributed by atoms with van der Waals surface area (Å²) in [5.41, 5.74) is 1.96. The number of rotatable bonds is 7. The predicted molar refractivity (Wildman–Crippen MR) is 101 cm³/mol. The summed E-state index contributed by atoms with van der Waals surface area (Å²) < 4.78 is 6.94. The van der Waals surface area contributed by atoms with Crippen LogP contribution in [0.1, 0.15) is 27.3 Å². The van der Waals surface area contributed by atoms with Crippen LogP contribution in [0, 0.1) is 18.3 Å². The van der Waals surface area contributed by atoms with E-state index in [1.807, 2.05) is 48.0 Å². The van der Waals surface area contributed by atoms with Crippen molar-refractivity contribution in [1.29, 1.82) is 5.26 Å². The fourth-order valence-corrected chi connectivity index (χ4v) is 3.64. The Labute approximate surface area is 160 Å². The molecule has 0 spiro atoms. The Morgan fingerprint density at radius 1 is 1.33 bits per heavy atom.